The molecule has 6 aliphatic heterocycles. The van der Waals surface area contributed by atoms with Crippen LogP contribution in [0.15, 0.2) is 90.7 Å². The SMILES string of the molecule is Cc1cn([C@H]2C[C@H](OP(=O)(O)OC[C@H]3O[C@@H](n4ccc(N)nc4=O)C[C@@H]3OP(=O)(O)OC[C@H]3O[C@@H](n4cnc5c(=O)[nH]c(N)nc54)C[C@@H]3OP(=O)(O)OC[C@H]3O[C@@H](n4ccc(N)nc4=O)C[C@@H]3OP(=O)(O)OC[C@H]3O[C@@H](n4cnc5c(N)ncnc54)C[C@@H]3OP(=O)(O)OC[C@H]3O[C@@H](n4ccc(N)nc4=O)C[C@@H]3O)[C@@H](CO)O2)c(=O)[nH]c1=O. The Labute approximate surface area is 651 Å². The van der Waals surface area contributed by atoms with E-state index in [1.807, 2.05) is 0 Å². The fraction of sp³-hybridized carbons (Fsp3) is 0.544. The van der Waals surface area contributed by atoms with E-state index in [0.29, 0.717) is 0 Å². The highest BCUT2D eigenvalue weighted by Gasteiger charge is 2.51. The molecule has 5 unspecified atom stereocenters. The van der Waals surface area contributed by atoms with Crippen molar-refractivity contribution in [1.82, 2.24) is 77.2 Å². The molecule has 8 aromatic heterocycles. The summed E-state index contributed by atoms with van der Waals surface area (Å²) < 4.78 is 167. The number of aliphatic hydroxyl groups excluding tert-OH is 2. The molecule has 117 heavy (non-hydrogen) atoms. The minimum Gasteiger partial charge on any atom is -0.394 e. The molecule has 23 atom stereocenters. The smallest absolute Gasteiger partial charge is 0.394 e. The first-order valence-corrected chi connectivity index (χ1v) is 42.3. The Bertz CT molecular complexity index is 5680. The van der Waals surface area contributed by atoms with Gasteiger partial charge in [0.25, 0.3) is 11.1 Å². The minimum atomic E-state index is -5.64. The lowest BCUT2D eigenvalue weighted by Crippen LogP contribution is -2.33. The molecule has 0 spiro atoms. The van der Waals surface area contributed by atoms with Gasteiger partial charge >= 0.3 is 61.9 Å². The lowest BCUT2D eigenvalue weighted by Gasteiger charge is -2.26. The predicted molar refractivity (Wildman–Crippen MR) is 385 cm³/mol. The number of nitrogens with zero attached hydrogens (tertiary/aromatic N) is 14. The number of nitrogens with one attached hydrogen (secondary N) is 2. The van der Waals surface area contributed by atoms with Gasteiger partial charge in [0.2, 0.25) is 5.95 Å². The van der Waals surface area contributed by atoms with E-state index in [9.17, 15) is 86.3 Å². The largest absolute Gasteiger partial charge is 0.472 e. The Morgan fingerprint density at radius 1 is 0.436 bits per heavy atom. The fourth-order valence-corrected chi connectivity index (χ4v) is 18.3. The molecule has 60 heteroatoms. The molecule has 0 saturated carbocycles. The van der Waals surface area contributed by atoms with E-state index < -0.39 is 248 Å². The number of ether oxygens (including phenoxy) is 6. The Hall–Kier alpha value is -8.55. The van der Waals surface area contributed by atoms with E-state index >= 15 is 0 Å². The number of phosphoric acid groups is 5. The third-order valence-corrected chi connectivity index (χ3v) is 24.1. The lowest BCUT2D eigenvalue weighted by molar-refractivity contribution is -0.0649. The van der Waals surface area contributed by atoms with Gasteiger partial charge < -0.3 is 91.8 Å². The summed E-state index contributed by atoms with van der Waals surface area (Å²) in [5.74, 6) is -0.981. The number of aromatic amines is 2. The summed E-state index contributed by atoms with van der Waals surface area (Å²) in [5.41, 5.74) is 23.6. The number of anilines is 5. The molecular formula is C57H74N21O34P5. The molecule has 0 radical (unpaired) electrons. The van der Waals surface area contributed by atoms with Crippen LogP contribution in [0.1, 0.15) is 81.5 Å². The van der Waals surface area contributed by atoms with Crippen molar-refractivity contribution in [2.75, 3.05) is 68.3 Å². The van der Waals surface area contributed by atoms with Crippen LogP contribution in [0.2, 0.25) is 0 Å². The zero-order chi connectivity index (χ0) is 83.5. The zero-order valence-electron chi connectivity index (χ0n) is 60.2. The van der Waals surface area contributed by atoms with Crippen molar-refractivity contribution in [3.05, 3.63) is 130 Å². The van der Waals surface area contributed by atoms with E-state index in [1.165, 1.54) is 42.2 Å². The molecule has 8 aromatic rings. The van der Waals surface area contributed by atoms with Crippen molar-refractivity contribution in [2.24, 2.45) is 0 Å². The molecule has 636 valence electrons. The van der Waals surface area contributed by atoms with Gasteiger partial charge in [-0.1, -0.05) is 0 Å². The van der Waals surface area contributed by atoms with Crippen LogP contribution < -0.4 is 62.5 Å². The number of nitrogens with two attached hydrogens (primary N) is 5. The average Bonchev–Trinajstić information content (AvgIpc) is 1.63. The average molecular weight is 1750 g/mol. The highest BCUT2D eigenvalue weighted by Crippen LogP contribution is 2.56. The number of aliphatic hydroxyl groups is 2. The summed E-state index contributed by atoms with van der Waals surface area (Å²) in [5, 5.41) is 21.0. The number of rotatable bonds is 32. The van der Waals surface area contributed by atoms with Gasteiger partial charge in [-0.15, -0.1) is 0 Å². The fourth-order valence-electron chi connectivity index (χ4n) is 13.5. The maximum Gasteiger partial charge on any atom is 0.472 e. The van der Waals surface area contributed by atoms with Gasteiger partial charge in [-0.25, -0.2) is 61.9 Å². The van der Waals surface area contributed by atoms with Crippen LogP contribution in [0.3, 0.4) is 0 Å². The van der Waals surface area contributed by atoms with Crippen LogP contribution in [-0.2, 0) is 96.5 Å². The molecule has 55 nitrogen and oxygen atoms in total. The minimum absolute atomic E-state index is 0.0434. The van der Waals surface area contributed by atoms with E-state index in [1.54, 1.807) is 0 Å². The highest BCUT2D eigenvalue weighted by molar-refractivity contribution is 7.48. The monoisotopic (exact) mass is 1750 g/mol. The van der Waals surface area contributed by atoms with E-state index in [-0.39, 0.29) is 70.4 Å². The molecule has 19 N–H and O–H groups in total. The van der Waals surface area contributed by atoms with Crippen molar-refractivity contribution >= 4 is 90.7 Å². The Morgan fingerprint density at radius 2 is 0.786 bits per heavy atom. The lowest BCUT2D eigenvalue weighted by atomic mass is 10.2. The Morgan fingerprint density at radius 3 is 1.20 bits per heavy atom. The maximum absolute atomic E-state index is 14.4. The summed E-state index contributed by atoms with van der Waals surface area (Å²) in [6.45, 7) is -4.50. The second-order valence-corrected chi connectivity index (χ2v) is 34.0. The first-order valence-electron chi connectivity index (χ1n) is 34.8. The maximum atomic E-state index is 14.4. The Balaban J connectivity index is 0.663. The molecule has 0 amide bonds. The van der Waals surface area contributed by atoms with Gasteiger partial charge in [0.1, 0.15) is 134 Å². The normalized spacial score (nSPS) is 30.1. The van der Waals surface area contributed by atoms with E-state index in [4.69, 9.17) is 102 Å². The van der Waals surface area contributed by atoms with Crippen LogP contribution in [0.25, 0.3) is 22.3 Å². The number of nitrogen functional groups attached to an aromatic ring is 5. The topological polar surface area (TPSA) is 771 Å². The van der Waals surface area contributed by atoms with Crippen LogP contribution in [0.4, 0.5) is 29.2 Å². The Kier molecular flexibility index (Phi) is 24.6. The van der Waals surface area contributed by atoms with Crippen molar-refractivity contribution in [1.29, 1.82) is 0 Å². The van der Waals surface area contributed by atoms with Gasteiger partial charge in [0.05, 0.1) is 58.4 Å². The summed E-state index contributed by atoms with van der Waals surface area (Å²) in [6.07, 6.45) is -21.5. The quantitative estimate of drug-likeness (QED) is 0.0188. The standard InChI is InChI=1S/C57H74N21O34P5/c1-24-14-76(57(86)72-51(24)81)43-9-26(31(15-79)102-43)108-114(89,90)98-17-33-27(10-41(104-33)74-6-3-38(59)68-55(74)84)109-116(93,94)101-20-36-30(13-45(107-36)78-23-66-47-50(78)70-53(62)71-52(47)82)112-117(95,96)99-18-34-28(11-42(105-34)75-7-4-39(60)69-56(75)85)110-115(91,92)100-19-35-29(12-44(106-35)77-22-65-46-48(61)63-21-64-49(46)77)111-113(87,88)97-16-32-25(80)8-40(103-32)73-5-2-37(58)67-54(73)83/h2-7,14,21-23,25-36,40-45,79-80H,8-13,15-20H2,1H3,(H,87,88)(H,89,90)(H,91,92)(H,93,94)(H,95,96)(H2,58,67,83)(H2,59,68,84)(H2,60,69,85)(H2,61,63,64)(H,72,81,86)(H3,62,70,71,82)/t25-,26-,27-,28-,29-,30-,31+,32+,33+,34+,35+,36+,40+,41+,42+,43+,44+,45+/m0/s1. The third-order valence-electron chi connectivity index (χ3n) is 19.0. The summed E-state index contributed by atoms with van der Waals surface area (Å²) in [7, 11) is -27.4. The van der Waals surface area contributed by atoms with Crippen molar-refractivity contribution in [3.8, 4) is 0 Å². The molecule has 0 bridgehead atoms. The molecule has 0 aromatic carbocycles. The van der Waals surface area contributed by atoms with Crippen LogP contribution in [0.5, 0.6) is 0 Å². The summed E-state index contributed by atoms with van der Waals surface area (Å²) in [6, 6.07) is 3.69. The number of hydrogen-bond acceptors (Lipinski definition) is 42. The first kappa shape index (κ1) is 84.9. The summed E-state index contributed by atoms with van der Waals surface area (Å²) >= 11 is 0. The number of fused-ring (bicyclic) bond motifs is 2. The predicted octanol–water partition coefficient (Wildman–Crippen LogP) is -2.91. The second kappa shape index (κ2) is 33.9. The van der Waals surface area contributed by atoms with Crippen LogP contribution in [-0.4, -0.2) is 225 Å². The molecule has 6 aliphatic rings. The zero-order valence-corrected chi connectivity index (χ0v) is 64.7. The molecular weight excluding hydrogens is 1680 g/mol. The van der Waals surface area contributed by atoms with Crippen molar-refractivity contribution in [2.45, 2.75) is 156 Å². The number of phosphoric ester groups is 5. The van der Waals surface area contributed by atoms with Crippen LogP contribution >= 0.6 is 39.1 Å². The van der Waals surface area contributed by atoms with Gasteiger partial charge in [-0.3, -0.25) is 92.2 Å². The molecule has 0 aliphatic carbocycles. The molecule has 6 saturated heterocycles. The number of imidazole rings is 2. The molecule has 6 fully saturated rings. The number of aryl methyl sites for hydroxylation is 1. The number of aromatic nitrogens is 16. The molecule has 14 rings (SSSR count). The van der Waals surface area contributed by atoms with Crippen molar-refractivity contribution in [3.63, 3.8) is 0 Å². The highest BCUT2D eigenvalue weighted by atomic mass is 31.2. The van der Waals surface area contributed by atoms with Gasteiger partial charge in [0.15, 0.2) is 22.6 Å². The second-order valence-electron chi connectivity index (χ2n) is 26.9. The van der Waals surface area contributed by atoms with Crippen LogP contribution in [0, 0.1) is 6.92 Å². The van der Waals surface area contributed by atoms with E-state index in [0.717, 1.165) is 54.1 Å². The third kappa shape index (κ3) is 19.5. The van der Waals surface area contributed by atoms with Gasteiger partial charge in [0, 0.05) is 68.9 Å². The number of hydrogen-bond donors (Lipinski definition) is 14. The first-order chi connectivity index (χ1) is 55.3. The van der Waals surface area contributed by atoms with Gasteiger partial charge in [-0.2, -0.15) is 19.9 Å². The number of H-pyrrole nitrogens is 2. The van der Waals surface area contributed by atoms with Crippen molar-refractivity contribution < 1.29 is 131 Å². The molecule has 14 heterocycles. The summed E-state index contributed by atoms with van der Waals surface area (Å²) in [4.78, 5) is 169. The van der Waals surface area contributed by atoms with Gasteiger partial charge in [-0.05, 0) is 25.1 Å². The van der Waals surface area contributed by atoms with E-state index in [2.05, 4.69) is 49.8 Å².